The third-order valence-electron chi connectivity index (χ3n) is 17.0. The number of nitrogens with zero attached hydrogens (tertiary/aromatic N) is 3. The standard InChI is InChI=1S/C68H80BN3/c1-41-22-20-23-42(2)61(41)71-56-38-51(70(50-28-26-47(27-29-50)64(7,8)9)63-45(5)34-48(35-46(63)6)65(10,11)12)30-31-54(56)69-55-39-52-53(68(18,19)33-32-67(52,16)17)40-57(55)72(62-43(3)24-21-25-44(62)4)59-37-49(66(13,14)15)36-58(71)60(59)69/h20-31,34-40H,32-33H2,1-19H3. The quantitative estimate of drug-likeness (QED) is 0.159. The largest absolute Gasteiger partial charge is 0.311 e. The molecule has 3 nitrogen and oxygen atoms in total. The predicted molar refractivity (Wildman–Crippen MR) is 315 cm³/mol. The van der Waals surface area contributed by atoms with Gasteiger partial charge in [0.1, 0.15) is 0 Å². The van der Waals surface area contributed by atoms with E-state index in [1.807, 2.05) is 0 Å². The zero-order valence-corrected chi connectivity index (χ0v) is 47.3. The van der Waals surface area contributed by atoms with Crippen LogP contribution in [0.3, 0.4) is 0 Å². The average Bonchev–Trinajstić information content (AvgIpc) is 3.28. The third-order valence-corrected chi connectivity index (χ3v) is 17.0. The Bertz CT molecular complexity index is 3260. The maximum Gasteiger partial charge on any atom is 0.252 e. The van der Waals surface area contributed by atoms with E-state index < -0.39 is 0 Å². The molecule has 0 saturated heterocycles. The van der Waals surface area contributed by atoms with Gasteiger partial charge in [0.25, 0.3) is 6.71 Å². The highest BCUT2D eigenvalue weighted by molar-refractivity contribution is 7.00. The summed E-state index contributed by atoms with van der Waals surface area (Å²) in [5, 5.41) is 0. The fraction of sp³-hybridized carbons (Fsp3) is 0.382. The van der Waals surface area contributed by atoms with Crippen LogP contribution in [-0.4, -0.2) is 6.71 Å². The summed E-state index contributed by atoms with van der Waals surface area (Å²) in [6.07, 6.45) is 2.33. The smallest absolute Gasteiger partial charge is 0.252 e. The van der Waals surface area contributed by atoms with Crippen LogP contribution < -0.4 is 31.1 Å². The number of para-hydroxylation sites is 2. The van der Waals surface area contributed by atoms with Crippen LogP contribution in [0.2, 0.25) is 0 Å². The van der Waals surface area contributed by atoms with Crippen LogP contribution in [0.1, 0.15) is 164 Å². The molecule has 0 aromatic heterocycles. The number of benzene rings is 7. The van der Waals surface area contributed by atoms with Crippen molar-refractivity contribution in [2.45, 2.75) is 171 Å². The molecule has 0 fully saturated rings. The molecule has 0 atom stereocenters. The Labute approximate surface area is 434 Å². The first-order chi connectivity index (χ1) is 33.6. The van der Waals surface area contributed by atoms with Gasteiger partial charge in [-0.3, -0.25) is 0 Å². The summed E-state index contributed by atoms with van der Waals surface area (Å²) in [6.45, 7) is 44.8. The molecular weight excluding hydrogens is 870 g/mol. The van der Waals surface area contributed by atoms with Crippen LogP contribution in [-0.2, 0) is 27.1 Å². The lowest BCUT2D eigenvalue weighted by Gasteiger charge is -2.48. The number of fused-ring (bicyclic) bond motifs is 5. The maximum absolute atomic E-state index is 2.70. The lowest BCUT2D eigenvalue weighted by molar-refractivity contribution is 0.332. The minimum absolute atomic E-state index is 0.00980. The highest BCUT2D eigenvalue weighted by Crippen LogP contribution is 2.53. The second-order valence-corrected chi connectivity index (χ2v) is 26.6. The van der Waals surface area contributed by atoms with E-state index in [2.05, 4.69) is 262 Å². The topological polar surface area (TPSA) is 9.72 Å². The molecule has 72 heavy (non-hydrogen) atoms. The minimum atomic E-state index is -0.130. The molecule has 2 heterocycles. The van der Waals surface area contributed by atoms with Crippen LogP contribution in [0.5, 0.6) is 0 Å². The fourth-order valence-corrected chi connectivity index (χ4v) is 12.7. The molecule has 2 aliphatic heterocycles. The number of hydrogen-bond acceptors (Lipinski definition) is 3. The van der Waals surface area contributed by atoms with Crippen molar-refractivity contribution in [3.8, 4) is 0 Å². The van der Waals surface area contributed by atoms with Crippen molar-refractivity contribution in [2.24, 2.45) is 0 Å². The summed E-state index contributed by atoms with van der Waals surface area (Å²) in [4.78, 5) is 7.93. The molecule has 0 radical (unpaired) electrons. The zero-order chi connectivity index (χ0) is 51.9. The summed E-state index contributed by atoms with van der Waals surface area (Å²) >= 11 is 0. The minimum Gasteiger partial charge on any atom is -0.311 e. The summed E-state index contributed by atoms with van der Waals surface area (Å²) in [5.41, 5.74) is 30.0. The van der Waals surface area contributed by atoms with E-state index in [4.69, 9.17) is 0 Å². The Balaban J connectivity index is 1.35. The highest BCUT2D eigenvalue weighted by atomic mass is 15.2. The van der Waals surface area contributed by atoms with Crippen molar-refractivity contribution in [2.75, 3.05) is 14.7 Å². The van der Waals surface area contributed by atoms with Crippen molar-refractivity contribution in [3.05, 3.63) is 176 Å². The SMILES string of the molecule is Cc1cc(C(C)(C)C)cc(C)c1N(c1ccc(C(C)(C)C)cc1)c1ccc2c(c1)N(c1c(C)cccc1C)c1cc(C(C)(C)C)cc3c1B2c1cc2c(cc1N3c1c(C)cccc1C)C(C)(C)CCC2(C)C. The molecule has 1 aliphatic carbocycles. The first-order valence-electron chi connectivity index (χ1n) is 26.8. The number of hydrogen-bond donors (Lipinski definition) is 0. The van der Waals surface area contributed by atoms with Gasteiger partial charge in [0.05, 0.1) is 17.1 Å². The molecule has 0 bridgehead atoms. The monoisotopic (exact) mass is 950 g/mol. The molecule has 0 spiro atoms. The normalized spacial score (nSPS) is 15.7. The molecule has 0 N–H and O–H groups in total. The molecule has 7 aromatic carbocycles. The summed E-state index contributed by atoms with van der Waals surface area (Å²) in [5.74, 6) is 0. The van der Waals surface area contributed by atoms with Gasteiger partial charge in [0.2, 0.25) is 0 Å². The lowest BCUT2D eigenvalue weighted by Crippen LogP contribution is -2.62. The van der Waals surface area contributed by atoms with Gasteiger partial charge in [-0.2, -0.15) is 0 Å². The molecule has 3 aliphatic rings. The highest BCUT2D eigenvalue weighted by Gasteiger charge is 2.48. The van der Waals surface area contributed by atoms with Gasteiger partial charge in [-0.25, -0.2) is 0 Å². The van der Waals surface area contributed by atoms with E-state index in [1.165, 1.54) is 117 Å². The van der Waals surface area contributed by atoms with Crippen LogP contribution in [0.4, 0.5) is 51.2 Å². The van der Waals surface area contributed by atoms with Crippen molar-refractivity contribution >= 4 is 74.3 Å². The summed E-state index contributed by atoms with van der Waals surface area (Å²) in [6, 6.07) is 45.9. The van der Waals surface area contributed by atoms with Crippen LogP contribution in [0, 0.1) is 41.5 Å². The van der Waals surface area contributed by atoms with Gasteiger partial charge >= 0.3 is 0 Å². The van der Waals surface area contributed by atoms with E-state index in [1.54, 1.807) is 0 Å². The molecule has 370 valence electrons. The van der Waals surface area contributed by atoms with E-state index >= 15 is 0 Å². The van der Waals surface area contributed by atoms with Gasteiger partial charge < -0.3 is 14.7 Å². The molecule has 7 aromatic rings. The Hall–Kier alpha value is -6.00. The fourth-order valence-electron chi connectivity index (χ4n) is 12.7. The second-order valence-electron chi connectivity index (χ2n) is 26.6. The van der Waals surface area contributed by atoms with Gasteiger partial charge in [0.15, 0.2) is 0 Å². The van der Waals surface area contributed by atoms with Crippen LogP contribution in [0.25, 0.3) is 0 Å². The Kier molecular flexibility index (Phi) is 11.5. The van der Waals surface area contributed by atoms with Gasteiger partial charge in [0, 0.05) is 34.1 Å². The lowest BCUT2D eigenvalue weighted by atomic mass is 9.33. The van der Waals surface area contributed by atoms with Crippen molar-refractivity contribution in [3.63, 3.8) is 0 Å². The second kappa shape index (κ2) is 16.8. The predicted octanol–water partition coefficient (Wildman–Crippen LogP) is 17.3. The third kappa shape index (κ3) is 8.02. The van der Waals surface area contributed by atoms with E-state index in [-0.39, 0.29) is 33.8 Å². The molecule has 4 heteroatoms. The summed E-state index contributed by atoms with van der Waals surface area (Å²) in [7, 11) is 0. The molecule has 10 rings (SSSR count). The molecule has 0 unspecified atom stereocenters. The average molecular weight is 950 g/mol. The van der Waals surface area contributed by atoms with Gasteiger partial charge in [-0.05, 0) is 202 Å². The van der Waals surface area contributed by atoms with Crippen molar-refractivity contribution in [1.29, 1.82) is 0 Å². The Morgan fingerprint density at radius 1 is 0.417 bits per heavy atom. The van der Waals surface area contributed by atoms with Gasteiger partial charge in [-0.15, -0.1) is 0 Å². The summed E-state index contributed by atoms with van der Waals surface area (Å²) < 4.78 is 0. The molecular formula is C68H80BN3. The van der Waals surface area contributed by atoms with Crippen LogP contribution >= 0.6 is 0 Å². The van der Waals surface area contributed by atoms with Crippen molar-refractivity contribution < 1.29 is 0 Å². The number of aryl methyl sites for hydroxylation is 6. The molecule has 0 amide bonds. The van der Waals surface area contributed by atoms with E-state index in [0.717, 1.165) is 24.2 Å². The Morgan fingerprint density at radius 3 is 1.29 bits per heavy atom. The zero-order valence-electron chi connectivity index (χ0n) is 47.3. The van der Waals surface area contributed by atoms with Gasteiger partial charge in [-0.1, -0.05) is 163 Å². The number of rotatable bonds is 5. The molecule has 0 saturated carbocycles. The Morgan fingerprint density at radius 2 is 0.833 bits per heavy atom. The maximum atomic E-state index is 2.70. The van der Waals surface area contributed by atoms with E-state index in [9.17, 15) is 0 Å². The first kappa shape index (κ1) is 49.6. The van der Waals surface area contributed by atoms with E-state index in [0.29, 0.717) is 0 Å². The van der Waals surface area contributed by atoms with Crippen molar-refractivity contribution in [1.82, 2.24) is 0 Å². The first-order valence-corrected chi connectivity index (χ1v) is 26.8. The van der Waals surface area contributed by atoms with Crippen LogP contribution in [0.15, 0.2) is 115 Å². The number of anilines is 9.